The van der Waals surface area contributed by atoms with Crippen LogP contribution in [-0.4, -0.2) is 36.0 Å². The highest BCUT2D eigenvalue weighted by atomic mass is 16.4. The Hall–Kier alpha value is -2.86. The van der Waals surface area contributed by atoms with Gasteiger partial charge in [-0.2, -0.15) is 0 Å². The minimum Gasteiger partial charge on any atom is -0.408 e. The van der Waals surface area contributed by atoms with Crippen LogP contribution in [-0.2, 0) is 11.3 Å². The summed E-state index contributed by atoms with van der Waals surface area (Å²) in [6.45, 7) is 0.802. The van der Waals surface area contributed by atoms with Crippen LogP contribution < -0.4 is 11.1 Å². The zero-order chi connectivity index (χ0) is 18.5. The quantitative estimate of drug-likeness (QED) is 0.708. The highest BCUT2D eigenvalue weighted by Crippen LogP contribution is 2.17. The summed E-state index contributed by atoms with van der Waals surface area (Å²) in [6, 6.07) is 17.4. The average Bonchev–Trinajstić information content (AvgIpc) is 2.96. The normalized spacial score (nSPS) is 12.4. The van der Waals surface area contributed by atoms with Gasteiger partial charge in [0.1, 0.15) is 0 Å². The van der Waals surface area contributed by atoms with Crippen molar-refractivity contribution in [2.45, 2.75) is 19.0 Å². The summed E-state index contributed by atoms with van der Waals surface area (Å²) in [4.78, 5) is 26.3. The number of hydrogen-bond acceptors (Lipinski definition) is 4. The lowest BCUT2D eigenvalue weighted by molar-refractivity contribution is -0.121. The third-order valence-electron chi connectivity index (χ3n) is 4.44. The van der Waals surface area contributed by atoms with Crippen LogP contribution in [0.3, 0.4) is 0 Å². The molecule has 0 spiro atoms. The molecule has 6 nitrogen and oxygen atoms in total. The maximum Gasteiger partial charge on any atom is 0.419 e. The van der Waals surface area contributed by atoms with Gasteiger partial charge in [0.15, 0.2) is 5.58 Å². The van der Waals surface area contributed by atoms with E-state index in [0.717, 1.165) is 5.56 Å². The number of oxazole rings is 1. The second-order valence-electron chi connectivity index (χ2n) is 6.43. The van der Waals surface area contributed by atoms with Gasteiger partial charge < -0.3 is 14.6 Å². The molecular formula is C20H23N3O3. The molecule has 3 rings (SSSR count). The van der Waals surface area contributed by atoms with Crippen molar-refractivity contribution in [3.8, 4) is 0 Å². The molecular weight excluding hydrogens is 330 g/mol. The topological polar surface area (TPSA) is 67.5 Å². The molecule has 0 saturated carbocycles. The zero-order valence-electron chi connectivity index (χ0n) is 15.0. The zero-order valence-corrected chi connectivity index (χ0v) is 15.0. The number of aromatic nitrogens is 1. The lowest BCUT2D eigenvalue weighted by atomic mass is 10.1. The summed E-state index contributed by atoms with van der Waals surface area (Å²) in [6.07, 6.45) is 0.221. The largest absolute Gasteiger partial charge is 0.419 e. The second kappa shape index (κ2) is 8.01. The van der Waals surface area contributed by atoms with E-state index in [-0.39, 0.29) is 18.4 Å². The van der Waals surface area contributed by atoms with Crippen molar-refractivity contribution >= 4 is 17.0 Å². The number of carbonyl (C=O) groups excluding carboxylic acids is 1. The molecule has 2 aromatic carbocycles. The van der Waals surface area contributed by atoms with Crippen molar-refractivity contribution in [1.29, 1.82) is 0 Å². The number of aryl methyl sites for hydroxylation is 1. The number of hydrogen-bond donors (Lipinski definition) is 1. The molecule has 0 fully saturated rings. The minimum absolute atomic E-state index is 0.0926. The molecule has 136 valence electrons. The van der Waals surface area contributed by atoms with Gasteiger partial charge in [-0.05, 0) is 31.8 Å². The number of nitrogens with zero attached hydrogens (tertiary/aromatic N) is 2. The fraction of sp³-hybridized carbons (Fsp3) is 0.300. The van der Waals surface area contributed by atoms with E-state index in [2.05, 4.69) is 10.2 Å². The summed E-state index contributed by atoms with van der Waals surface area (Å²) in [5.74, 6) is -0.528. The van der Waals surface area contributed by atoms with Gasteiger partial charge in [-0.25, -0.2) is 4.79 Å². The number of para-hydroxylation sites is 2. The van der Waals surface area contributed by atoms with Crippen molar-refractivity contribution in [1.82, 2.24) is 14.8 Å². The highest BCUT2D eigenvalue weighted by Gasteiger charge is 2.15. The monoisotopic (exact) mass is 353 g/mol. The van der Waals surface area contributed by atoms with Crippen molar-refractivity contribution in [2.75, 3.05) is 20.6 Å². The van der Waals surface area contributed by atoms with Gasteiger partial charge in [-0.3, -0.25) is 9.36 Å². The van der Waals surface area contributed by atoms with E-state index in [1.54, 1.807) is 6.07 Å². The lowest BCUT2D eigenvalue weighted by Crippen LogP contribution is -2.35. The fourth-order valence-corrected chi connectivity index (χ4v) is 3.01. The molecule has 26 heavy (non-hydrogen) atoms. The summed E-state index contributed by atoms with van der Waals surface area (Å²) in [7, 11) is 3.97. The Kier molecular flexibility index (Phi) is 5.53. The Balaban J connectivity index is 1.60. The minimum atomic E-state index is -0.436. The maximum atomic E-state index is 12.3. The Morgan fingerprint density at radius 3 is 2.54 bits per heavy atom. The smallest absolute Gasteiger partial charge is 0.408 e. The van der Waals surface area contributed by atoms with Gasteiger partial charge >= 0.3 is 5.76 Å². The standard InChI is InChI=1S/C20H23N3O3/c1-22(2)17(15-8-4-3-5-9-15)14-21-19(24)12-13-23-16-10-6-7-11-18(16)26-20(23)25/h3-11,17H,12-14H2,1-2H3,(H,21,24). The molecule has 0 saturated heterocycles. The van der Waals surface area contributed by atoms with Crippen LogP contribution in [0.15, 0.2) is 63.8 Å². The molecule has 1 unspecified atom stereocenters. The van der Waals surface area contributed by atoms with Gasteiger partial charge in [0, 0.05) is 19.5 Å². The molecule has 0 aliphatic carbocycles. The molecule has 3 aromatic rings. The molecule has 1 atom stereocenters. The van der Waals surface area contributed by atoms with E-state index in [0.29, 0.717) is 24.2 Å². The molecule has 1 amide bonds. The predicted octanol–water partition coefficient (Wildman–Crippen LogP) is 2.40. The van der Waals surface area contributed by atoms with Crippen LogP contribution in [0.1, 0.15) is 18.0 Å². The summed E-state index contributed by atoms with van der Waals surface area (Å²) < 4.78 is 6.68. The summed E-state index contributed by atoms with van der Waals surface area (Å²) in [5, 5.41) is 2.97. The first-order valence-corrected chi connectivity index (χ1v) is 8.62. The molecule has 0 aliphatic heterocycles. The van der Waals surface area contributed by atoms with E-state index in [4.69, 9.17) is 4.42 Å². The van der Waals surface area contributed by atoms with Crippen molar-refractivity contribution in [3.63, 3.8) is 0 Å². The van der Waals surface area contributed by atoms with Crippen molar-refractivity contribution in [3.05, 3.63) is 70.7 Å². The number of amides is 1. The number of carbonyl (C=O) groups is 1. The molecule has 6 heteroatoms. The Morgan fingerprint density at radius 1 is 1.12 bits per heavy atom. The number of nitrogens with one attached hydrogen (secondary N) is 1. The summed E-state index contributed by atoms with van der Waals surface area (Å²) >= 11 is 0. The third-order valence-corrected chi connectivity index (χ3v) is 4.44. The van der Waals surface area contributed by atoms with Gasteiger partial charge in [-0.15, -0.1) is 0 Å². The SMILES string of the molecule is CN(C)C(CNC(=O)CCn1c(=O)oc2ccccc21)c1ccccc1. The van der Waals surface area contributed by atoms with Crippen LogP contribution in [0.5, 0.6) is 0 Å². The first-order valence-electron chi connectivity index (χ1n) is 8.62. The lowest BCUT2D eigenvalue weighted by Gasteiger charge is -2.25. The highest BCUT2D eigenvalue weighted by molar-refractivity contribution is 5.76. The van der Waals surface area contributed by atoms with Gasteiger partial charge in [-0.1, -0.05) is 42.5 Å². The van der Waals surface area contributed by atoms with Crippen molar-refractivity contribution in [2.24, 2.45) is 0 Å². The first kappa shape index (κ1) is 17.9. The van der Waals surface area contributed by atoms with Crippen molar-refractivity contribution < 1.29 is 9.21 Å². The van der Waals surface area contributed by atoms with Gasteiger partial charge in [0.2, 0.25) is 5.91 Å². The maximum absolute atomic E-state index is 12.3. The first-order chi connectivity index (χ1) is 12.6. The van der Waals surface area contributed by atoms with E-state index in [1.807, 2.05) is 62.6 Å². The van der Waals surface area contributed by atoms with E-state index in [1.165, 1.54) is 4.57 Å². The van der Waals surface area contributed by atoms with E-state index < -0.39 is 5.76 Å². The Morgan fingerprint density at radius 2 is 1.81 bits per heavy atom. The third kappa shape index (κ3) is 4.03. The second-order valence-corrected chi connectivity index (χ2v) is 6.43. The number of likely N-dealkylation sites (N-methyl/N-ethyl adjacent to an activating group) is 1. The van der Waals surface area contributed by atoms with Gasteiger partial charge in [0.25, 0.3) is 0 Å². The summed E-state index contributed by atoms with van der Waals surface area (Å²) in [5.41, 5.74) is 2.39. The number of rotatable bonds is 7. The van der Waals surface area contributed by atoms with Crippen LogP contribution in [0.4, 0.5) is 0 Å². The molecule has 0 aliphatic rings. The number of fused-ring (bicyclic) bond motifs is 1. The Labute approximate surface area is 152 Å². The van der Waals surface area contributed by atoms with Crippen LogP contribution in [0.2, 0.25) is 0 Å². The van der Waals surface area contributed by atoms with Crippen LogP contribution in [0.25, 0.3) is 11.1 Å². The molecule has 0 bridgehead atoms. The van der Waals surface area contributed by atoms with Crippen LogP contribution in [0, 0.1) is 0 Å². The molecule has 0 radical (unpaired) electrons. The fourth-order valence-electron chi connectivity index (χ4n) is 3.01. The van der Waals surface area contributed by atoms with E-state index >= 15 is 0 Å². The molecule has 1 heterocycles. The molecule has 1 N–H and O–H groups in total. The molecule has 1 aromatic heterocycles. The van der Waals surface area contributed by atoms with Crippen LogP contribution >= 0.6 is 0 Å². The Bertz CT molecular complexity index is 928. The average molecular weight is 353 g/mol. The van der Waals surface area contributed by atoms with Gasteiger partial charge in [0.05, 0.1) is 11.6 Å². The predicted molar refractivity (Wildman–Crippen MR) is 101 cm³/mol. The van der Waals surface area contributed by atoms with E-state index in [9.17, 15) is 9.59 Å². The number of benzene rings is 2.